The Morgan fingerprint density at radius 1 is 1.00 bits per heavy atom. The van der Waals surface area contributed by atoms with Crippen molar-refractivity contribution in [3.05, 3.63) is 54.2 Å². The van der Waals surface area contributed by atoms with Crippen molar-refractivity contribution >= 4 is 16.3 Å². The molecule has 25 heavy (non-hydrogen) atoms. The second-order valence-corrected chi connectivity index (χ2v) is 6.35. The van der Waals surface area contributed by atoms with Crippen LogP contribution in [0.25, 0.3) is 26.8 Å². The van der Waals surface area contributed by atoms with Crippen LogP contribution < -0.4 is 0 Å². The minimum atomic E-state index is -4.45. The van der Waals surface area contributed by atoms with Gasteiger partial charge in [-0.25, -0.2) is 9.50 Å². The van der Waals surface area contributed by atoms with E-state index in [1.54, 1.807) is 6.20 Å². The minimum absolute atomic E-state index is 0.307. The Morgan fingerprint density at radius 3 is 2.56 bits per heavy atom. The van der Waals surface area contributed by atoms with Gasteiger partial charge in [0, 0.05) is 35.4 Å². The molecule has 0 aliphatic carbocycles. The average Bonchev–Trinajstić information content (AvgIpc) is 3.15. The molecule has 4 rings (SSSR count). The summed E-state index contributed by atoms with van der Waals surface area (Å²) in [5, 5.41) is 5.16. The van der Waals surface area contributed by atoms with E-state index in [4.69, 9.17) is 0 Å². The molecule has 0 aliphatic rings. The molecule has 0 bridgehead atoms. The van der Waals surface area contributed by atoms with Gasteiger partial charge in [-0.05, 0) is 25.1 Å². The number of aryl methyl sites for hydroxylation is 1. The van der Waals surface area contributed by atoms with Crippen molar-refractivity contribution in [2.24, 2.45) is 0 Å². The largest absolute Gasteiger partial charge is 0.417 e. The van der Waals surface area contributed by atoms with E-state index in [-0.39, 0.29) is 0 Å². The molecule has 0 atom stereocenters. The Kier molecular flexibility index (Phi) is 3.53. The van der Waals surface area contributed by atoms with Crippen molar-refractivity contribution in [1.29, 1.82) is 0 Å². The van der Waals surface area contributed by atoms with E-state index < -0.39 is 11.7 Å². The third-order valence-electron chi connectivity index (χ3n) is 3.61. The molecule has 0 amide bonds. The highest BCUT2D eigenvalue weighted by molar-refractivity contribution is 7.19. The molecule has 0 saturated carbocycles. The molecule has 0 fully saturated rings. The summed E-state index contributed by atoms with van der Waals surface area (Å²) in [6.07, 6.45) is 0.914. The van der Waals surface area contributed by atoms with Gasteiger partial charge in [-0.1, -0.05) is 11.3 Å². The number of aromatic nitrogens is 5. The Balaban J connectivity index is 1.80. The first-order valence-electron chi connectivity index (χ1n) is 7.22. The standard InChI is InChI=1S/C16H10F3N5S/c1-9-2-3-10(6-21-9)14-23-24-13(8-22-15(24)25-14)11-4-12(7-20-5-11)16(17,18)19/h2-8H,1H3. The zero-order valence-electron chi connectivity index (χ0n) is 12.8. The molecule has 0 radical (unpaired) electrons. The second kappa shape index (κ2) is 5.62. The molecule has 4 aromatic rings. The molecule has 0 unspecified atom stereocenters. The topological polar surface area (TPSA) is 56.0 Å². The summed E-state index contributed by atoms with van der Waals surface area (Å²) in [5.41, 5.74) is 1.67. The predicted molar refractivity (Wildman–Crippen MR) is 87.1 cm³/mol. The van der Waals surface area contributed by atoms with Crippen LogP contribution in [0.15, 0.2) is 43.0 Å². The van der Waals surface area contributed by atoms with Crippen molar-refractivity contribution in [2.75, 3.05) is 0 Å². The lowest BCUT2D eigenvalue weighted by Gasteiger charge is -2.07. The zero-order chi connectivity index (χ0) is 17.6. The first-order valence-corrected chi connectivity index (χ1v) is 8.04. The third kappa shape index (κ3) is 2.86. The number of imidazole rings is 1. The molecule has 126 valence electrons. The molecule has 5 nitrogen and oxygen atoms in total. The van der Waals surface area contributed by atoms with E-state index in [0.29, 0.717) is 21.2 Å². The fourth-order valence-electron chi connectivity index (χ4n) is 2.34. The summed E-state index contributed by atoms with van der Waals surface area (Å²) in [4.78, 5) is 12.8. The quantitative estimate of drug-likeness (QED) is 0.536. The van der Waals surface area contributed by atoms with Gasteiger partial charge in [-0.2, -0.15) is 18.3 Å². The highest BCUT2D eigenvalue weighted by Crippen LogP contribution is 2.33. The summed E-state index contributed by atoms with van der Waals surface area (Å²) in [5.74, 6) is 0. The predicted octanol–water partition coefficient (Wildman–Crippen LogP) is 4.24. The van der Waals surface area contributed by atoms with Gasteiger partial charge in [0.1, 0.15) is 5.01 Å². The first kappa shape index (κ1) is 15.7. The van der Waals surface area contributed by atoms with Gasteiger partial charge in [0.15, 0.2) is 0 Å². The maximum absolute atomic E-state index is 12.9. The van der Waals surface area contributed by atoms with Gasteiger partial charge in [0.2, 0.25) is 4.96 Å². The van der Waals surface area contributed by atoms with Crippen molar-refractivity contribution in [3.63, 3.8) is 0 Å². The van der Waals surface area contributed by atoms with E-state index in [1.165, 1.54) is 28.2 Å². The van der Waals surface area contributed by atoms with Crippen molar-refractivity contribution in [3.8, 4) is 21.8 Å². The monoisotopic (exact) mass is 361 g/mol. The summed E-state index contributed by atoms with van der Waals surface area (Å²) in [6.45, 7) is 1.89. The number of halogens is 3. The van der Waals surface area contributed by atoms with Gasteiger partial charge in [-0.15, -0.1) is 0 Å². The van der Waals surface area contributed by atoms with E-state index in [1.807, 2.05) is 19.1 Å². The van der Waals surface area contributed by atoms with Crippen molar-refractivity contribution in [2.45, 2.75) is 13.1 Å². The van der Waals surface area contributed by atoms with E-state index in [0.717, 1.165) is 23.5 Å². The van der Waals surface area contributed by atoms with E-state index >= 15 is 0 Å². The lowest BCUT2D eigenvalue weighted by atomic mass is 10.1. The molecule has 9 heteroatoms. The second-order valence-electron chi connectivity index (χ2n) is 5.39. The lowest BCUT2D eigenvalue weighted by molar-refractivity contribution is -0.137. The first-order chi connectivity index (χ1) is 11.9. The highest BCUT2D eigenvalue weighted by atomic mass is 32.1. The van der Waals surface area contributed by atoms with Gasteiger partial charge < -0.3 is 0 Å². The molecule has 0 N–H and O–H groups in total. The molecule has 0 aliphatic heterocycles. The molecule has 0 aromatic carbocycles. The van der Waals surface area contributed by atoms with Crippen LogP contribution >= 0.6 is 11.3 Å². The number of hydrogen-bond acceptors (Lipinski definition) is 5. The van der Waals surface area contributed by atoms with Crippen LogP contribution in [0.2, 0.25) is 0 Å². The minimum Gasteiger partial charge on any atom is -0.263 e. The summed E-state index contributed by atoms with van der Waals surface area (Å²) in [6, 6.07) is 4.81. The number of hydrogen-bond donors (Lipinski definition) is 0. The summed E-state index contributed by atoms with van der Waals surface area (Å²) < 4.78 is 40.2. The van der Waals surface area contributed by atoms with Gasteiger partial charge in [0.05, 0.1) is 17.5 Å². The Bertz CT molecular complexity index is 1050. The zero-order valence-corrected chi connectivity index (χ0v) is 13.6. The molecular weight excluding hydrogens is 351 g/mol. The molecular formula is C16H10F3N5S. The van der Waals surface area contributed by atoms with Crippen molar-refractivity contribution in [1.82, 2.24) is 24.6 Å². The SMILES string of the molecule is Cc1ccc(-c2nn3c(-c4cncc(C(F)(F)F)c4)cnc3s2)cn1. The normalized spacial score (nSPS) is 12.0. The van der Waals surface area contributed by atoms with Crippen LogP contribution in [0.3, 0.4) is 0 Å². The van der Waals surface area contributed by atoms with Crippen LogP contribution in [0.1, 0.15) is 11.3 Å². The smallest absolute Gasteiger partial charge is 0.263 e. The molecule has 4 heterocycles. The van der Waals surface area contributed by atoms with E-state index in [2.05, 4.69) is 20.1 Å². The van der Waals surface area contributed by atoms with Crippen LogP contribution in [0.4, 0.5) is 13.2 Å². The molecule has 0 spiro atoms. The molecule has 0 saturated heterocycles. The maximum atomic E-state index is 12.9. The number of nitrogens with zero attached hydrogens (tertiary/aromatic N) is 5. The maximum Gasteiger partial charge on any atom is 0.417 e. The van der Waals surface area contributed by atoms with Crippen molar-refractivity contribution < 1.29 is 13.2 Å². The number of alkyl halides is 3. The van der Waals surface area contributed by atoms with Gasteiger partial charge in [-0.3, -0.25) is 9.97 Å². The third-order valence-corrected chi connectivity index (χ3v) is 4.58. The van der Waals surface area contributed by atoms with E-state index in [9.17, 15) is 13.2 Å². The average molecular weight is 361 g/mol. The highest BCUT2D eigenvalue weighted by Gasteiger charge is 2.31. The van der Waals surface area contributed by atoms with Crippen LogP contribution in [0, 0.1) is 6.92 Å². The fourth-order valence-corrected chi connectivity index (χ4v) is 3.20. The Morgan fingerprint density at radius 2 is 1.84 bits per heavy atom. The van der Waals surface area contributed by atoms with Crippen LogP contribution in [-0.4, -0.2) is 24.6 Å². The lowest BCUT2D eigenvalue weighted by Crippen LogP contribution is -2.05. The Hall–Kier alpha value is -2.81. The van der Waals surface area contributed by atoms with Crippen LogP contribution in [-0.2, 0) is 6.18 Å². The number of pyridine rings is 2. The van der Waals surface area contributed by atoms with Crippen LogP contribution in [0.5, 0.6) is 0 Å². The number of fused-ring (bicyclic) bond motifs is 1. The molecule has 4 aromatic heterocycles. The van der Waals surface area contributed by atoms with Gasteiger partial charge in [0.25, 0.3) is 0 Å². The summed E-state index contributed by atoms with van der Waals surface area (Å²) >= 11 is 1.34. The van der Waals surface area contributed by atoms with Gasteiger partial charge >= 0.3 is 6.18 Å². The Labute approximate surface area is 143 Å². The summed E-state index contributed by atoms with van der Waals surface area (Å²) in [7, 11) is 0. The number of rotatable bonds is 2. The fraction of sp³-hybridized carbons (Fsp3) is 0.125.